The molecule has 1 heterocycles. The highest BCUT2D eigenvalue weighted by Crippen LogP contribution is 2.36. The summed E-state index contributed by atoms with van der Waals surface area (Å²) in [6.07, 6.45) is 10.9. The van der Waals surface area contributed by atoms with E-state index in [2.05, 4.69) is 29.1 Å². The van der Waals surface area contributed by atoms with Gasteiger partial charge in [-0.1, -0.05) is 19.1 Å². The van der Waals surface area contributed by atoms with E-state index in [9.17, 15) is 4.79 Å². The van der Waals surface area contributed by atoms with Crippen molar-refractivity contribution >= 4 is 5.91 Å². The van der Waals surface area contributed by atoms with Gasteiger partial charge in [-0.25, -0.2) is 0 Å². The fourth-order valence-electron chi connectivity index (χ4n) is 3.99. The number of benzene rings is 1. The minimum atomic E-state index is 0.229. The Morgan fingerprint density at radius 2 is 1.72 bits per heavy atom. The van der Waals surface area contributed by atoms with Crippen molar-refractivity contribution in [3.63, 3.8) is 0 Å². The average molecular weight is 337 g/mol. The van der Waals surface area contributed by atoms with Gasteiger partial charge >= 0.3 is 0 Å². The number of carbonyl (C=O) groups excluding carboxylic acids is 1. The maximum atomic E-state index is 13.1. The van der Waals surface area contributed by atoms with Gasteiger partial charge in [0, 0.05) is 30.0 Å². The maximum Gasteiger partial charge on any atom is 0.254 e. The molecule has 0 unspecified atom stereocenters. The summed E-state index contributed by atoms with van der Waals surface area (Å²) >= 11 is 0. The second-order valence-corrected chi connectivity index (χ2v) is 7.76. The molecule has 4 heteroatoms. The van der Waals surface area contributed by atoms with Gasteiger partial charge in [-0.3, -0.25) is 9.48 Å². The van der Waals surface area contributed by atoms with Crippen LogP contribution in [0.5, 0.6) is 0 Å². The molecule has 0 bridgehead atoms. The Balaban J connectivity index is 1.46. The lowest BCUT2D eigenvalue weighted by Gasteiger charge is -2.36. The fourth-order valence-corrected chi connectivity index (χ4v) is 3.99. The lowest BCUT2D eigenvalue weighted by molar-refractivity contribution is 0.0593. The molecule has 1 aromatic carbocycles. The van der Waals surface area contributed by atoms with Crippen molar-refractivity contribution in [3.8, 4) is 0 Å². The summed E-state index contributed by atoms with van der Waals surface area (Å²) in [7, 11) is 0. The minimum Gasteiger partial charge on any atom is -0.333 e. The Hall–Kier alpha value is -2.10. The number of nitrogens with zero attached hydrogens (tertiary/aromatic N) is 3. The van der Waals surface area contributed by atoms with E-state index in [1.807, 2.05) is 29.1 Å². The van der Waals surface area contributed by atoms with Crippen LogP contribution in [0, 0.1) is 5.92 Å². The van der Waals surface area contributed by atoms with Crippen LogP contribution in [-0.4, -0.2) is 32.7 Å². The zero-order chi connectivity index (χ0) is 17.2. The summed E-state index contributed by atoms with van der Waals surface area (Å²) < 4.78 is 1.90. The van der Waals surface area contributed by atoms with Crippen LogP contribution in [0.2, 0.25) is 0 Å². The second kappa shape index (κ2) is 7.03. The highest BCUT2D eigenvalue weighted by Gasteiger charge is 2.38. The van der Waals surface area contributed by atoms with Crippen LogP contribution < -0.4 is 0 Å². The summed E-state index contributed by atoms with van der Waals surface area (Å²) in [6, 6.07) is 10.9. The Morgan fingerprint density at radius 3 is 2.28 bits per heavy atom. The molecule has 2 fully saturated rings. The van der Waals surface area contributed by atoms with Crippen molar-refractivity contribution in [1.82, 2.24) is 14.7 Å². The summed E-state index contributed by atoms with van der Waals surface area (Å²) in [5, 5.41) is 4.24. The third-order valence-electron chi connectivity index (χ3n) is 5.66. The first kappa shape index (κ1) is 16.4. The van der Waals surface area contributed by atoms with Crippen LogP contribution in [0.25, 0.3) is 0 Å². The molecule has 25 heavy (non-hydrogen) atoms. The Morgan fingerprint density at radius 1 is 1.08 bits per heavy atom. The van der Waals surface area contributed by atoms with Gasteiger partial charge in [0.2, 0.25) is 0 Å². The molecular formula is C21H27N3O. The van der Waals surface area contributed by atoms with E-state index in [1.54, 1.807) is 6.20 Å². The predicted molar refractivity (Wildman–Crippen MR) is 98.4 cm³/mol. The Labute approximate surface area is 149 Å². The highest BCUT2D eigenvalue weighted by molar-refractivity contribution is 5.95. The first-order chi connectivity index (χ1) is 12.2. The standard InChI is InChI=1S/C21H27N3O/c1-16-3-9-19(10-4-16)24(20-11-12-20)21(25)18-7-5-17(6-8-18)15-23-14-2-13-22-23/h2,5-8,13-14,16,19-20H,3-4,9-12,15H2,1H3. The van der Waals surface area contributed by atoms with Gasteiger partial charge in [-0.15, -0.1) is 0 Å². The molecule has 0 atom stereocenters. The Kier molecular flexibility index (Phi) is 4.60. The van der Waals surface area contributed by atoms with Crippen molar-refractivity contribution in [2.45, 2.75) is 64.1 Å². The molecule has 1 aromatic heterocycles. The number of hydrogen-bond donors (Lipinski definition) is 0. The quantitative estimate of drug-likeness (QED) is 0.823. The molecule has 132 valence electrons. The SMILES string of the molecule is CC1CCC(N(C(=O)c2ccc(Cn3cccn3)cc2)C2CC2)CC1. The molecule has 1 amide bonds. The summed E-state index contributed by atoms with van der Waals surface area (Å²) in [5.74, 6) is 1.04. The first-order valence-electron chi connectivity index (χ1n) is 9.60. The molecule has 2 aromatic rings. The van der Waals surface area contributed by atoms with Crippen LogP contribution in [0.4, 0.5) is 0 Å². The molecule has 0 spiro atoms. The van der Waals surface area contributed by atoms with E-state index in [4.69, 9.17) is 0 Å². The molecule has 4 nitrogen and oxygen atoms in total. The largest absolute Gasteiger partial charge is 0.333 e. The van der Waals surface area contributed by atoms with Crippen molar-refractivity contribution < 1.29 is 4.79 Å². The van der Waals surface area contributed by atoms with E-state index in [0.29, 0.717) is 12.1 Å². The molecular weight excluding hydrogens is 310 g/mol. The monoisotopic (exact) mass is 337 g/mol. The van der Waals surface area contributed by atoms with Crippen LogP contribution in [0.3, 0.4) is 0 Å². The van der Waals surface area contributed by atoms with Crippen LogP contribution >= 0.6 is 0 Å². The second-order valence-electron chi connectivity index (χ2n) is 7.76. The van der Waals surface area contributed by atoms with Crippen LogP contribution in [0.15, 0.2) is 42.7 Å². The Bertz CT molecular complexity index is 695. The van der Waals surface area contributed by atoms with Gasteiger partial charge < -0.3 is 4.90 Å². The van der Waals surface area contributed by atoms with Crippen LogP contribution in [-0.2, 0) is 6.54 Å². The molecule has 2 aliphatic rings. The number of amides is 1. The summed E-state index contributed by atoms with van der Waals surface area (Å²) in [5.41, 5.74) is 2.00. The summed E-state index contributed by atoms with van der Waals surface area (Å²) in [4.78, 5) is 15.4. The van der Waals surface area contributed by atoms with Gasteiger partial charge in [0.05, 0.1) is 6.54 Å². The minimum absolute atomic E-state index is 0.229. The molecule has 0 radical (unpaired) electrons. The molecule has 4 rings (SSSR count). The van der Waals surface area contributed by atoms with Crippen molar-refractivity contribution in [3.05, 3.63) is 53.9 Å². The molecule has 0 aliphatic heterocycles. The van der Waals surface area contributed by atoms with Crippen LogP contribution in [0.1, 0.15) is 61.4 Å². The van der Waals surface area contributed by atoms with Gasteiger partial charge in [0.1, 0.15) is 0 Å². The summed E-state index contributed by atoms with van der Waals surface area (Å²) in [6.45, 7) is 3.08. The third-order valence-corrected chi connectivity index (χ3v) is 5.66. The zero-order valence-electron chi connectivity index (χ0n) is 15.0. The van der Waals surface area contributed by atoms with Crippen molar-refractivity contribution in [1.29, 1.82) is 0 Å². The number of rotatable bonds is 5. The molecule has 2 saturated carbocycles. The topological polar surface area (TPSA) is 38.1 Å². The average Bonchev–Trinajstić information content (AvgIpc) is 3.33. The number of hydrogen-bond acceptors (Lipinski definition) is 2. The maximum absolute atomic E-state index is 13.1. The lowest BCUT2D eigenvalue weighted by Crippen LogP contribution is -2.43. The van der Waals surface area contributed by atoms with E-state index in [-0.39, 0.29) is 5.91 Å². The smallest absolute Gasteiger partial charge is 0.254 e. The first-order valence-corrected chi connectivity index (χ1v) is 9.60. The predicted octanol–water partition coefficient (Wildman–Crippen LogP) is 4.11. The highest BCUT2D eigenvalue weighted by atomic mass is 16.2. The normalized spacial score (nSPS) is 23.4. The van der Waals surface area contributed by atoms with Crippen molar-refractivity contribution in [2.75, 3.05) is 0 Å². The zero-order valence-corrected chi connectivity index (χ0v) is 15.0. The van der Waals surface area contributed by atoms with Crippen molar-refractivity contribution in [2.24, 2.45) is 5.92 Å². The van der Waals surface area contributed by atoms with Gasteiger partial charge in [0.15, 0.2) is 0 Å². The van der Waals surface area contributed by atoms with E-state index < -0.39 is 0 Å². The van der Waals surface area contributed by atoms with Gasteiger partial charge in [-0.05, 0) is 68.2 Å². The fraction of sp³-hybridized carbons (Fsp3) is 0.524. The van der Waals surface area contributed by atoms with E-state index in [1.165, 1.54) is 44.1 Å². The number of carbonyl (C=O) groups is 1. The van der Waals surface area contributed by atoms with E-state index in [0.717, 1.165) is 18.0 Å². The number of aromatic nitrogens is 2. The van der Waals surface area contributed by atoms with Gasteiger partial charge in [0.25, 0.3) is 5.91 Å². The van der Waals surface area contributed by atoms with E-state index >= 15 is 0 Å². The molecule has 2 aliphatic carbocycles. The lowest BCUT2D eigenvalue weighted by atomic mass is 9.86. The third kappa shape index (κ3) is 3.78. The molecule has 0 N–H and O–H groups in total. The van der Waals surface area contributed by atoms with Gasteiger partial charge in [-0.2, -0.15) is 5.10 Å². The molecule has 0 saturated heterocycles.